The van der Waals surface area contributed by atoms with Gasteiger partial charge in [0.15, 0.2) is 0 Å². The van der Waals surface area contributed by atoms with Gasteiger partial charge in [-0.1, -0.05) is 19.3 Å². The largest absolute Gasteiger partial charge is 0.317 e. The summed E-state index contributed by atoms with van der Waals surface area (Å²) in [5.41, 5.74) is 0. The molecule has 0 aromatic rings. The van der Waals surface area contributed by atoms with Crippen LogP contribution in [0, 0.1) is 18.3 Å². The molecule has 74 valence electrons. The Hall–Kier alpha value is -0.480. The normalized spacial score (nSPS) is 29.2. The van der Waals surface area contributed by atoms with Crippen molar-refractivity contribution in [3.63, 3.8) is 0 Å². The van der Waals surface area contributed by atoms with Crippen molar-refractivity contribution >= 4 is 0 Å². The lowest BCUT2D eigenvalue weighted by molar-refractivity contribution is 0.385. The first-order valence-electron chi connectivity index (χ1n) is 5.47. The summed E-state index contributed by atoms with van der Waals surface area (Å²) in [4.78, 5) is 0. The highest BCUT2D eigenvalue weighted by Crippen LogP contribution is 2.26. The summed E-state index contributed by atoms with van der Waals surface area (Å²) in [6, 6.07) is 0.741. The van der Waals surface area contributed by atoms with Crippen LogP contribution < -0.4 is 5.32 Å². The van der Waals surface area contributed by atoms with Crippen LogP contribution in [0.4, 0.5) is 0 Å². The van der Waals surface area contributed by atoms with E-state index in [-0.39, 0.29) is 0 Å². The fourth-order valence-electron chi connectivity index (χ4n) is 2.27. The Morgan fingerprint density at radius 1 is 1.38 bits per heavy atom. The third-order valence-corrected chi connectivity index (χ3v) is 3.14. The number of hydrogen-bond donors (Lipinski definition) is 1. The van der Waals surface area contributed by atoms with Gasteiger partial charge in [0, 0.05) is 12.5 Å². The average Bonchev–Trinajstić information content (AvgIpc) is 2.39. The molecule has 1 aliphatic carbocycles. The molecule has 0 aliphatic heterocycles. The van der Waals surface area contributed by atoms with Gasteiger partial charge in [-0.3, -0.25) is 0 Å². The van der Waals surface area contributed by atoms with E-state index >= 15 is 0 Å². The predicted octanol–water partition coefficient (Wildman–Crippen LogP) is 2.57. The summed E-state index contributed by atoms with van der Waals surface area (Å²) in [6.45, 7) is 0. The Bertz CT molecular complexity index is 168. The second-order valence-corrected chi connectivity index (χ2v) is 4.11. The van der Waals surface area contributed by atoms with Gasteiger partial charge in [0.2, 0.25) is 0 Å². The smallest absolute Gasteiger partial charge is 0.00887 e. The molecular weight excluding hydrogens is 158 g/mol. The van der Waals surface area contributed by atoms with Crippen LogP contribution in [0.25, 0.3) is 0 Å². The fourth-order valence-corrected chi connectivity index (χ4v) is 2.27. The molecule has 0 radical (unpaired) electrons. The lowest BCUT2D eigenvalue weighted by Crippen LogP contribution is -2.26. The van der Waals surface area contributed by atoms with Crippen molar-refractivity contribution in [2.75, 3.05) is 7.05 Å². The van der Waals surface area contributed by atoms with E-state index in [1.54, 1.807) is 0 Å². The van der Waals surface area contributed by atoms with E-state index in [9.17, 15) is 0 Å². The van der Waals surface area contributed by atoms with Crippen LogP contribution >= 0.6 is 0 Å². The zero-order chi connectivity index (χ0) is 9.52. The zero-order valence-corrected chi connectivity index (χ0v) is 8.68. The van der Waals surface area contributed by atoms with Gasteiger partial charge in [-0.15, -0.1) is 12.3 Å². The van der Waals surface area contributed by atoms with Gasteiger partial charge in [-0.2, -0.15) is 0 Å². The first kappa shape index (κ1) is 10.6. The van der Waals surface area contributed by atoms with Crippen molar-refractivity contribution in [3.8, 4) is 12.3 Å². The van der Waals surface area contributed by atoms with Gasteiger partial charge in [-0.05, 0) is 32.2 Å². The first-order chi connectivity index (χ1) is 6.36. The minimum Gasteiger partial charge on any atom is -0.317 e. The highest BCUT2D eigenvalue weighted by molar-refractivity contribution is 4.85. The lowest BCUT2D eigenvalue weighted by atomic mass is 9.93. The maximum Gasteiger partial charge on any atom is 0.00887 e. The molecule has 0 amide bonds. The van der Waals surface area contributed by atoms with Gasteiger partial charge < -0.3 is 5.32 Å². The summed E-state index contributed by atoms with van der Waals surface area (Å²) in [7, 11) is 2.08. The second kappa shape index (κ2) is 6.05. The van der Waals surface area contributed by atoms with E-state index in [2.05, 4.69) is 18.3 Å². The van der Waals surface area contributed by atoms with Gasteiger partial charge in [-0.25, -0.2) is 0 Å². The molecule has 2 atom stereocenters. The van der Waals surface area contributed by atoms with Crippen LogP contribution in [0.1, 0.15) is 44.9 Å². The third kappa shape index (κ3) is 3.83. The average molecular weight is 179 g/mol. The molecule has 1 N–H and O–H groups in total. The Morgan fingerprint density at radius 2 is 2.15 bits per heavy atom. The zero-order valence-electron chi connectivity index (χ0n) is 8.68. The van der Waals surface area contributed by atoms with Crippen molar-refractivity contribution in [1.82, 2.24) is 5.32 Å². The van der Waals surface area contributed by atoms with E-state index in [0.29, 0.717) is 0 Å². The highest BCUT2D eigenvalue weighted by Gasteiger charge is 2.17. The van der Waals surface area contributed by atoms with Crippen LogP contribution in [0.5, 0.6) is 0 Å². The van der Waals surface area contributed by atoms with Crippen LogP contribution in [0.3, 0.4) is 0 Å². The molecule has 0 heterocycles. The molecule has 0 spiro atoms. The molecule has 1 aliphatic rings. The first-order valence-corrected chi connectivity index (χ1v) is 5.47. The number of nitrogens with one attached hydrogen (secondary N) is 1. The second-order valence-electron chi connectivity index (χ2n) is 4.11. The van der Waals surface area contributed by atoms with Gasteiger partial charge in [0.05, 0.1) is 0 Å². The summed E-state index contributed by atoms with van der Waals surface area (Å²) >= 11 is 0. The minimum absolute atomic E-state index is 0.741. The van der Waals surface area contributed by atoms with Crippen LogP contribution in [0.2, 0.25) is 0 Å². The molecule has 1 fully saturated rings. The molecule has 1 heteroatoms. The minimum atomic E-state index is 0.741. The topological polar surface area (TPSA) is 12.0 Å². The lowest BCUT2D eigenvalue weighted by Gasteiger charge is -2.18. The molecule has 0 aromatic heterocycles. The molecule has 13 heavy (non-hydrogen) atoms. The quantitative estimate of drug-likeness (QED) is 0.518. The Morgan fingerprint density at radius 3 is 2.85 bits per heavy atom. The van der Waals surface area contributed by atoms with E-state index in [4.69, 9.17) is 6.42 Å². The molecule has 1 saturated carbocycles. The number of hydrogen-bond acceptors (Lipinski definition) is 1. The van der Waals surface area contributed by atoms with Crippen LogP contribution in [-0.2, 0) is 0 Å². The molecule has 0 bridgehead atoms. The Labute approximate surface area is 82.3 Å². The summed E-state index contributed by atoms with van der Waals surface area (Å²) in [5.74, 6) is 3.62. The van der Waals surface area contributed by atoms with Gasteiger partial charge in [0.1, 0.15) is 0 Å². The maximum absolute atomic E-state index is 5.29. The molecular formula is C12H21N. The summed E-state index contributed by atoms with van der Waals surface area (Å²) < 4.78 is 0. The molecule has 0 saturated heterocycles. The van der Waals surface area contributed by atoms with Crippen molar-refractivity contribution in [2.24, 2.45) is 5.92 Å². The SMILES string of the molecule is C#CCCC1CCCCC(NC)C1. The van der Waals surface area contributed by atoms with Crippen molar-refractivity contribution < 1.29 is 0 Å². The van der Waals surface area contributed by atoms with Gasteiger partial charge >= 0.3 is 0 Å². The standard InChI is InChI=1S/C12H21N/c1-3-4-7-11-8-5-6-9-12(10-11)13-2/h1,11-13H,4-10H2,2H3. The van der Waals surface area contributed by atoms with E-state index < -0.39 is 0 Å². The van der Waals surface area contributed by atoms with E-state index in [0.717, 1.165) is 18.4 Å². The van der Waals surface area contributed by atoms with Gasteiger partial charge in [0.25, 0.3) is 0 Å². The van der Waals surface area contributed by atoms with Crippen LogP contribution in [-0.4, -0.2) is 13.1 Å². The maximum atomic E-state index is 5.29. The summed E-state index contributed by atoms with van der Waals surface area (Å²) in [5, 5.41) is 3.40. The third-order valence-electron chi connectivity index (χ3n) is 3.14. The van der Waals surface area contributed by atoms with Crippen molar-refractivity contribution in [3.05, 3.63) is 0 Å². The van der Waals surface area contributed by atoms with Crippen molar-refractivity contribution in [2.45, 2.75) is 51.0 Å². The fraction of sp³-hybridized carbons (Fsp3) is 0.833. The highest BCUT2D eigenvalue weighted by atomic mass is 14.9. The van der Waals surface area contributed by atoms with Crippen LogP contribution in [0.15, 0.2) is 0 Å². The Balaban J connectivity index is 2.31. The molecule has 0 aromatic carbocycles. The Kier molecular flexibility index (Phi) is 4.93. The summed E-state index contributed by atoms with van der Waals surface area (Å²) in [6.07, 6.45) is 14.3. The molecule has 2 unspecified atom stereocenters. The predicted molar refractivity (Wildman–Crippen MR) is 57.5 cm³/mol. The molecule has 1 rings (SSSR count). The van der Waals surface area contributed by atoms with E-state index in [1.807, 2.05) is 0 Å². The number of rotatable bonds is 3. The monoisotopic (exact) mass is 179 g/mol. The van der Waals surface area contributed by atoms with Crippen molar-refractivity contribution in [1.29, 1.82) is 0 Å². The number of terminal acetylenes is 1. The molecule has 1 nitrogen and oxygen atoms in total. The van der Waals surface area contributed by atoms with E-state index in [1.165, 1.54) is 38.5 Å².